The first-order chi connectivity index (χ1) is 9.18. The maximum absolute atomic E-state index is 2.71. The quantitative estimate of drug-likeness (QED) is 0.668. The van der Waals surface area contributed by atoms with Crippen LogP contribution in [-0.4, -0.2) is 24.5 Å². The Hall–Kier alpha value is -0.0400. The van der Waals surface area contributed by atoms with Crippen molar-refractivity contribution in [3.8, 4) is 0 Å². The Kier molecular flexibility index (Phi) is 4.98. The topological polar surface area (TPSA) is 3.24 Å². The summed E-state index contributed by atoms with van der Waals surface area (Å²) in [5, 5.41) is 0. The van der Waals surface area contributed by atoms with Crippen molar-refractivity contribution in [2.24, 2.45) is 16.7 Å². The van der Waals surface area contributed by atoms with Gasteiger partial charge in [-0.15, -0.1) is 0 Å². The Bertz CT molecular complexity index is 271. The van der Waals surface area contributed by atoms with Crippen LogP contribution in [0.5, 0.6) is 0 Å². The van der Waals surface area contributed by atoms with E-state index in [2.05, 4.69) is 32.6 Å². The van der Waals surface area contributed by atoms with Gasteiger partial charge in [0.15, 0.2) is 0 Å². The molecule has 1 heterocycles. The molecule has 1 spiro atoms. The molecule has 1 aliphatic heterocycles. The summed E-state index contributed by atoms with van der Waals surface area (Å²) in [5.41, 5.74) is 1.36. The third kappa shape index (κ3) is 2.37. The second kappa shape index (κ2) is 6.16. The SMILES string of the molecule is CCCN1CCC2(CCC(CC)C2(CC)CC)CC1. The van der Waals surface area contributed by atoms with Crippen LogP contribution in [0.2, 0.25) is 0 Å². The summed E-state index contributed by atoms with van der Waals surface area (Å²) >= 11 is 0. The highest BCUT2D eigenvalue weighted by Gasteiger charge is 2.57. The Morgan fingerprint density at radius 2 is 1.58 bits per heavy atom. The van der Waals surface area contributed by atoms with Crippen molar-refractivity contribution in [1.29, 1.82) is 0 Å². The van der Waals surface area contributed by atoms with Crippen LogP contribution < -0.4 is 0 Å². The zero-order valence-corrected chi connectivity index (χ0v) is 13.8. The largest absolute Gasteiger partial charge is 0.303 e. The lowest BCUT2D eigenvalue weighted by Gasteiger charge is -2.52. The zero-order chi connectivity index (χ0) is 13.9. The zero-order valence-electron chi connectivity index (χ0n) is 13.8. The molecule has 0 aromatic heterocycles. The van der Waals surface area contributed by atoms with Gasteiger partial charge in [0.05, 0.1) is 0 Å². The summed E-state index contributed by atoms with van der Waals surface area (Å²) in [6.45, 7) is 13.7. The minimum absolute atomic E-state index is 0.667. The Labute approximate surface area is 121 Å². The summed E-state index contributed by atoms with van der Waals surface area (Å²) in [6, 6.07) is 0. The molecule has 1 saturated heterocycles. The van der Waals surface area contributed by atoms with Gasteiger partial charge < -0.3 is 4.90 Å². The Morgan fingerprint density at radius 3 is 2.05 bits per heavy atom. The van der Waals surface area contributed by atoms with Gasteiger partial charge in [0.1, 0.15) is 0 Å². The van der Waals surface area contributed by atoms with E-state index in [0.29, 0.717) is 10.8 Å². The van der Waals surface area contributed by atoms with Gasteiger partial charge in [0, 0.05) is 0 Å². The lowest BCUT2D eigenvalue weighted by Crippen LogP contribution is -2.48. The van der Waals surface area contributed by atoms with Gasteiger partial charge in [-0.3, -0.25) is 0 Å². The van der Waals surface area contributed by atoms with E-state index in [0.717, 1.165) is 5.92 Å². The molecule has 1 unspecified atom stereocenters. The minimum Gasteiger partial charge on any atom is -0.303 e. The van der Waals surface area contributed by atoms with Crippen molar-refractivity contribution in [2.75, 3.05) is 19.6 Å². The molecule has 0 aromatic carbocycles. The highest BCUT2D eigenvalue weighted by atomic mass is 15.1. The third-order valence-electron chi connectivity index (χ3n) is 6.92. The molecule has 2 fully saturated rings. The fourth-order valence-corrected chi connectivity index (χ4v) is 5.85. The highest BCUT2D eigenvalue weighted by Crippen LogP contribution is 2.65. The molecule has 1 atom stereocenters. The van der Waals surface area contributed by atoms with E-state index < -0.39 is 0 Å². The predicted molar refractivity (Wildman–Crippen MR) is 84.4 cm³/mol. The maximum atomic E-state index is 2.71. The summed E-state index contributed by atoms with van der Waals surface area (Å²) in [7, 11) is 0. The van der Waals surface area contributed by atoms with Gasteiger partial charge in [-0.25, -0.2) is 0 Å². The lowest BCUT2D eigenvalue weighted by molar-refractivity contribution is -0.0319. The second-order valence-corrected chi connectivity index (χ2v) is 7.13. The van der Waals surface area contributed by atoms with Gasteiger partial charge in [-0.1, -0.05) is 34.1 Å². The fourth-order valence-electron chi connectivity index (χ4n) is 5.85. The fraction of sp³-hybridized carbons (Fsp3) is 1.00. The van der Waals surface area contributed by atoms with E-state index in [1.165, 1.54) is 71.0 Å². The second-order valence-electron chi connectivity index (χ2n) is 7.13. The van der Waals surface area contributed by atoms with Crippen molar-refractivity contribution >= 4 is 0 Å². The molecule has 19 heavy (non-hydrogen) atoms. The molecular formula is C18H35N. The summed E-state index contributed by atoms with van der Waals surface area (Å²) in [6.07, 6.45) is 11.5. The van der Waals surface area contributed by atoms with Crippen LogP contribution in [0.15, 0.2) is 0 Å². The lowest BCUT2D eigenvalue weighted by atomic mass is 9.55. The van der Waals surface area contributed by atoms with Crippen molar-refractivity contribution in [3.05, 3.63) is 0 Å². The van der Waals surface area contributed by atoms with Crippen LogP contribution in [0.4, 0.5) is 0 Å². The van der Waals surface area contributed by atoms with Gasteiger partial charge in [0.25, 0.3) is 0 Å². The molecule has 0 bridgehead atoms. The van der Waals surface area contributed by atoms with Gasteiger partial charge >= 0.3 is 0 Å². The molecule has 0 amide bonds. The molecular weight excluding hydrogens is 230 g/mol. The van der Waals surface area contributed by atoms with E-state index in [1.807, 2.05) is 0 Å². The van der Waals surface area contributed by atoms with Crippen LogP contribution in [0.3, 0.4) is 0 Å². The average molecular weight is 265 g/mol. The van der Waals surface area contributed by atoms with Crippen molar-refractivity contribution < 1.29 is 0 Å². The number of nitrogens with zero attached hydrogens (tertiary/aromatic N) is 1. The summed E-state index contributed by atoms with van der Waals surface area (Å²) < 4.78 is 0. The normalized spacial score (nSPS) is 30.0. The number of rotatable bonds is 5. The predicted octanol–water partition coefficient (Wildman–Crippen LogP) is 5.11. The number of hydrogen-bond acceptors (Lipinski definition) is 1. The third-order valence-corrected chi connectivity index (χ3v) is 6.92. The summed E-state index contributed by atoms with van der Waals surface area (Å²) in [4.78, 5) is 2.71. The summed E-state index contributed by atoms with van der Waals surface area (Å²) in [5.74, 6) is 1.00. The smallest absolute Gasteiger partial charge is 0.00132 e. The number of hydrogen-bond donors (Lipinski definition) is 0. The molecule has 0 N–H and O–H groups in total. The Morgan fingerprint density at radius 1 is 0.947 bits per heavy atom. The van der Waals surface area contributed by atoms with Crippen LogP contribution in [0.25, 0.3) is 0 Å². The van der Waals surface area contributed by atoms with E-state index in [9.17, 15) is 0 Å². The molecule has 0 aromatic rings. The first kappa shape index (κ1) is 15.4. The first-order valence-electron chi connectivity index (χ1n) is 8.90. The first-order valence-corrected chi connectivity index (χ1v) is 8.90. The van der Waals surface area contributed by atoms with Crippen LogP contribution in [-0.2, 0) is 0 Å². The number of likely N-dealkylation sites (tertiary alicyclic amines) is 1. The molecule has 1 saturated carbocycles. The van der Waals surface area contributed by atoms with Crippen LogP contribution in [0.1, 0.15) is 79.1 Å². The van der Waals surface area contributed by atoms with E-state index in [4.69, 9.17) is 0 Å². The molecule has 1 nitrogen and oxygen atoms in total. The molecule has 1 aliphatic carbocycles. The molecule has 2 aliphatic rings. The van der Waals surface area contributed by atoms with Crippen LogP contribution >= 0.6 is 0 Å². The van der Waals surface area contributed by atoms with Gasteiger partial charge in [-0.2, -0.15) is 0 Å². The molecule has 112 valence electrons. The van der Waals surface area contributed by atoms with Crippen LogP contribution in [0, 0.1) is 16.7 Å². The molecule has 0 radical (unpaired) electrons. The standard InChI is InChI=1S/C18H35N/c1-5-13-19-14-11-17(12-15-19)10-9-16(6-2)18(17,7-3)8-4/h16H,5-15H2,1-4H3. The number of piperidine rings is 1. The molecule has 1 heteroatoms. The highest BCUT2D eigenvalue weighted by molar-refractivity contribution is 5.07. The Balaban J connectivity index is 2.14. The van der Waals surface area contributed by atoms with Gasteiger partial charge in [0.2, 0.25) is 0 Å². The molecule has 2 rings (SSSR count). The van der Waals surface area contributed by atoms with Gasteiger partial charge in [-0.05, 0) is 81.3 Å². The van der Waals surface area contributed by atoms with Crippen molar-refractivity contribution in [2.45, 2.75) is 79.1 Å². The maximum Gasteiger partial charge on any atom is -0.00132 e. The average Bonchev–Trinajstić information content (AvgIpc) is 2.75. The van der Waals surface area contributed by atoms with Crippen molar-refractivity contribution in [1.82, 2.24) is 4.90 Å². The monoisotopic (exact) mass is 265 g/mol. The van der Waals surface area contributed by atoms with Crippen molar-refractivity contribution in [3.63, 3.8) is 0 Å². The van der Waals surface area contributed by atoms with E-state index in [-0.39, 0.29) is 0 Å². The minimum atomic E-state index is 0.667. The van der Waals surface area contributed by atoms with E-state index >= 15 is 0 Å². The van der Waals surface area contributed by atoms with E-state index in [1.54, 1.807) is 0 Å².